The lowest BCUT2D eigenvalue weighted by Crippen LogP contribution is -2.29. The number of alkyl halides is 2. The quantitative estimate of drug-likeness (QED) is 0.883. The van der Waals surface area contributed by atoms with Gasteiger partial charge in [0.05, 0.1) is 6.04 Å². The summed E-state index contributed by atoms with van der Waals surface area (Å²) < 4.78 is 29.2. The van der Waals surface area contributed by atoms with Gasteiger partial charge >= 0.3 is 6.61 Å². The molecule has 116 valence electrons. The number of nitrogens with one attached hydrogen (secondary N) is 1. The molecule has 0 spiro atoms. The van der Waals surface area contributed by atoms with Crippen LogP contribution in [0.2, 0.25) is 0 Å². The number of nitrogens with zero attached hydrogens (tertiary/aromatic N) is 2. The van der Waals surface area contributed by atoms with Gasteiger partial charge in [-0.25, -0.2) is 9.97 Å². The van der Waals surface area contributed by atoms with E-state index in [-0.39, 0.29) is 17.3 Å². The van der Waals surface area contributed by atoms with Gasteiger partial charge in [-0.2, -0.15) is 8.78 Å². The molecule has 1 aromatic carbocycles. The summed E-state index contributed by atoms with van der Waals surface area (Å²) in [6.07, 6.45) is 2.70. The molecular formula is C14H14F2N4O2. The first kappa shape index (κ1) is 15.6. The van der Waals surface area contributed by atoms with Gasteiger partial charge in [-0.05, 0) is 13.0 Å². The SMILES string of the molecule is C[C@@H](NC(=O)c1nccnc1N)c1ccccc1OC(F)F. The summed E-state index contributed by atoms with van der Waals surface area (Å²) in [6, 6.07) is 5.64. The molecule has 8 heteroatoms. The Balaban J connectivity index is 2.17. The van der Waals surface area contributed by atoms with Gasteiger partial charge in [-0.1, -0.05) is 18.2 Å². The molecule has 0 radical (unpaired) electrons. The third-order valence-corrected chi connectivity index (χ3v) is 2.89. The standard InChI is InChI=1S/C14H14F2N4O2/c1-8(9-4-2-3-5-10(9)22-14(15)16)20-13(21)11-12(17)19-7-6-18-11/h2-8,14H,1H3,(H2,17,19)(H,20,21)/t8-/m1/s1. The molecule has 0 unspecified atom stereocenters. The normalized spacial score (nSPS) is 12.0. The van der Waals surface area contributed by atoms with Gasteiger partial charge in [0, 0.05) is 18.0 Å². The highest BCUT2D eigenvalue weighted by atomic mass is 19.3. The molecule has 0 fully saturated rings. The number of benzene rings is 1. The largest absolute Gasteiger partial charge is 0.434 e. The topological polar surface area (TPSA) is 90.1 Å². The molecule has 22 heavy (non-hydrogen) atoms. The highest BCUT2D eigenvalue weighted by Gasteiger charge is 2.19. The molecule has 1 aromatic heterocycles. The Morgan fingerprint density at radius 1 is 1.27 bits per heavy atom. The van der Waals surface area contributed by atoms with E-state index in [1.165, 1.54) is 18.5 Å². The second-order valence-electron chi connectivity index (χ2n) is 4.40. The number of nitrogens with two attached hydrogens (primary N) is 1. The van der Waals surface area contributed by atoms with Crippen LogP contribution in [0.5, 0.6) is 5.75 Å². The van der Waals surface area contributed by atoms with Crippen LogP contribution >= 0.6 is 0 Å². The lowest BCUT2D eigenvalue weighted by Gasteiger charge is -2.18. The van der Waals surface area contributed by atoms with Crippen molar-refractivity contribution >= 4 is 11.7 Å². The average Bonchev–Trinajstić information content (AvgIpc) is 2.47. The number of rotatable bonds is 5. The molecule has 0 saturated heterocycles. The van der Waals surface area contributed by atoms with Crippen LogP contribution < -0.4 is 15.8 Å². The van der Waals surface area contributed by atoms with Crippen LogP contribution in [0.1, 0.15) is 29.0 Å². The molecule has 0 aliphatic rings. The van der Waals surface area contributed by atoms with E-state index >= 15 is 0 Å². The second kappa shape index (κ2) is 6.79. The smallest absolute Gasteiger partial charge is 0.387 e. The van der Waals surface area contributed by atoms with Crippen molar-refractivity contribution in [3.05, 3.63) is 47.9 Å². The van der Waals surface area contributed by atoms with Crippen molar-refractivity contribution in [1.29, 1.82) is 0 Å². The van der Waals surface area contributed by atoms with Gasteiger partial charge in [-0.3, -0.25) is 4.79 Å². The number of hydrogen-bond acceptors (Lipinski definition) is 5. The van der Waals surface area contributed by atoms with Crippen molar-refractivity contribution < 1.29 is 18.3 Å². The van der Waals surface area contributed by atoms with Crippen molar-refractivity contribution in [3.63, 3.8) is 0 Å². The number of aromatic nitrogens is 2. The van der Waals surface area contributed by atoms with E-state index in [1.807, 2.05) is 0 Å². The van der Waals surface area contributed by atoms with E-state index in [0.29, 0.717) is 5.56 Å². The number of carbonyl (C=O) groups is 1. The maximum Gasteiger partial charge on any atom is 0.387 e. The van der Waals surface area contributed by atoms with Gasteiger partial charge in [0.2, 0.25) is 0 Å². The fourth-order valence-electron chi connectivity index (χ4n) is 1.91. The molecule has 0 aliphatic heterocycles. The van der Waals surface area contributed by atoms with Gasteiger partial charge in [0.25, 0.3) is 5.91 Å². The highest BCUT2D eigenvalue weighted by Crippen LogP contribution is 2.26. The van der Waals surface area contributed by atoms with Crippen LogP contribution in [0.15, 0.2) is 36.7 Å². The number of ether oxygens (including phenoxy) is 1. The van der Waals surface area contributed by atoms with E-state index in [0.717, 1.165) is 0 Å². The summed E-state index contributed by atoms with van der Waals surface area (Å²) in [5.41, 5.74) is 5.96. The van der Waals surface area contributed by atoms with E-state index in [9.17, 15) is 13.6 Å². The molecule has 1 heterocycles. The highest BCUT2D eigenvalue weighted by molar-refractivity contribution is 5.96. The average molecular weight is 308 g/mol. The maximum atomic E-state index is 12.4. The molecule has 0 bridgehead atoms. The third kappa shape index (κ3) is 3.66. The first-order valence-electron chi connectivity index (χ1n) is 6.40. The Bertz CT molecular complexity index is 667. The maximum absolute atomic E-state index is 12.4. The summed E-state index contributed by atoms with van der Waals surface area (Å²) >= 11 is 0. The summed E-state index contributed by atoms with van der Waals surface area (Å²) in [7, 11) is 0. The van der Waals surface area contributed by atoms with E-state index < -0.39 is 18.6 Å². The number of nitrogen functional groups attached to an aromatic ring is 1. The summed E-state index contributed by atoms with van der Waals surface area (Å²) in [4.78, 5) is 19.7. The van der Waals surface area contributed by atoms with Crippen LogP contribution in [0.4, 0.5) is 14.6 Å². The van der Waals surface area contributed by atoms with E-state index in [2.05, 4.69) is 20.0 Å². The number of amides is 1. The fourth-order valence-corrected chi connectivity index (χ4v) is 1.91. The van der Waals surface area contributed by atoms with Crippen LogP contribution in [0.25, 0.3) is 0 Å². The summed E-state index contributed by atoms with van der Waals surface area (Å²) in [5, 5.41) is 2.62. The van der Waals surface area contributed by atoms with Gasteiger partial charge in [0.1, 0.15) is 5.75 Å². The first-order valence-corrected chi connectivity index (χ1v) is 6.40. The molecule has 1 atom stereocenters. The van der Waals surface area contributed by atoms with Crippen molar-refractivity contribution in [2.24, 2.45) is 0 Å². The predicted molar refractivity (Wildman–Crippen MR) is 75.4 cm³/mol. The Morgan fingerprint density at radius 3 is 2.64 bits per heavy atom. The molecule has 0 saturated carbocycles. The van der Waals surface area contributed by atoms with Crippen molar-refractivity contribution in [1.82, 2.24) is 15.3 Å². The van der Waals surface area contributed by atoms with Crippen LogP contribution in [-0.2, 0) is 0 Å². The minimum Gasteiger partial charge on any atom is -0.434 e. The molecule has 2 aromatic rings. The Kier molecular flexibility index (Phi) is 4.82. The lowest BCUT2D eigenvalue weighted by atomic mass is 10.1. The summed E-state index contributed by atoms with van der Waals surface area (Å²) in [6.45, 7) is -1.31. The molecule has 0 aliphatic carbocycles. The minimum atomic E-state index is -2.94. The predicted octanol–water partition coefficient (Wildman–Crippen LogP) is 2.15. The van der Waals surface area contributed by atoms with Gasteiger partial charge in [0.15, 0.2) is 11.5 Å². The van der Waals surface area contributed by atoms with Gasteiger partial charge < -0.3 is 15.8 Å². The molecule has 3 N–H and O–H groups in total. The number of hydrogen-bond donors (Lipinski definition) is 2. The molecule has 6 nitrogen and oxygen atoms in total. The van der Waals surface area contributed by atoms with Crippen LogP contribution in [0, 0.1) is 0 Å². The number of para-hydroxylation sites is 1. The zero-order chi connectivity index (χ0) is 16.1. The monoisotopic (exact) mass is 308 g/mol. The molecule has 1 amide bonds. The lowest BCUT2D eigenvalue weighted by molar-refractivity contribution is -0.0506. The molecule has 2 rings (SSSR count). The van der Waals surface area contributed by atoms with E-state index in [1.54, 1.807) is 25.1 Å². The zero-order valence-electron chi connectivity index (χ0n) is 11.7. The third-order valence-electron chi connectivity index (χ3n) is 2.89. The van der Waals surface area contributed by atoms with Crippen LogP contribution in [-0.4, -0.2) is 22.5 Å². The zero-order valence-corrected chi connectivity index (χ0v) is 11.7. The van der Waals surface area contributed by atoms with E-state index in [4.69, 9.17) is 5.73 Å². The van der Waals surface area contributed by atoms with Crippen molar-refractivity contribution in [2.45, 2.75) is 19.6 Å². The number of anilines is 1. The Labute approximate surface area is 125 Å². The summed E-state index contributed by atoms with van der Waals surface area (Å²) in [5.74, 6) is -0.563. The number of carbonyl (C=O) groups excluding carboxylic acids is 1. The minimum absolute atomic E-state index is 0.00239. The fraction of sp³-hybridized carbons (Fsp3) is 0.214. The molecular weight excluding hydrogens is 294 g/mol. The van der Waals surface area contributed by atoms with Crippen LogP contribution in [0.3, 0.4) is 0 Å². The van der Waals surface area contributed by atoms with Crippen molar-refractivity contribution in [2.75, 3.05) is 5.73 Å². The second-order valence-corrected chi connectivity index (χ2v) is 4.40. The van der Waals surface area contributed by atoms with Crippen molar-refractivity contribution in [3.8, 4) is 5.75 Å². The van der Waals surface area contributed by atoms with Gasteiger partial charge in [-0.15, -0.1) is 0 Å². The first-order chi connectivity index (χ1) is 10.5. The Morgan fingerprint density at radius 2 is 1.95 bits per heavy atom. The number of halogens is 2. The Hall–Kier alpha value is -2.77.